The topological polar surface area (TPSA) is 51.8 Å². The molecule has 0 spiro atoms. The lowest BCUT2D eigenvalue weighted by Gasteiger charge is -2.03. The monoisotopic (exact) mass is 203 g/mol. The quantitative estimate of drug-likeness (QED) is 0.772. The third kappa shape index (κ3) is 1.93. The number of hydrogen-bond acceptors (Lipinski definition) is 3. The highest BCUT2D eigenvalue weighted by Crippen LogP contribution is 2.20. The summed E-state index contributed by atoms with van der Waals surface area (Å²) in [5.74, 6) is 0.0546. The van der Waals surface area contributed by atoms with E-state index in [1.807, 2.05) is 6.92 Å². The molecule has 0 atom stereocenters. The van der Waals surface area contributed by atoms with E-state index >= 15 is 0 Å². The molecule has 15 heavy (non-hydrogen) atoms. The Kier molecular flexibility index (Phi) is 2.33. The molecule has 2 N–H and O–H groups in total. The number of aromatic nitrogens is 2. The van der Waals surface area contributed by atoms with Gasteiger partial charge in [0.2, 0.25) is 0 Å². The van der Waals surface area contributed by atoms with Crippen LogP contribution in [0.4, 0.5) is 10.2 Å². The summed E-state index contributed by atoms with van der Waals surface area (Å²) in [4.78, 5) is 8.01. The lowest BCUT2D eigenvalue weighted by molar-refractivity contribution is 0.624. The van der Waals surface area contributed by atoms with E-state index in [0.717, 1.165) is 5.69 Å². The van der Waals surface area contributed by atoms with E-state index in [-0.39, 0.29) is 5.82 Å². The molecule has 2 rings (SSSR count). The van der Waals surface area contributed by atoms with E-state index in [4.69, 9.17) is 5.73 Å². The van der Waals surface area contributed by atoms with Crippen LogP contribution in [0.3, 0.4) is 0 Å². The van der Waals surface area contributed by atoms with E-state index in [2.05, 4.69) is 9.97 Å². The van der Waals surface area contributed by atoms with E-state index < -0.39 is 0 Å². The second kappa shape index (κ2) is 3.65. The number of rotatable bonds is 1. The Labute approximate surface area is 86.8 Å². The van der Waals surface area contributed by atoms with Gasteiger partial charge in [-0.3, -0.25) is 0 Å². The van der Waals surface area contributed by atoms with Crippen molar-refractivity contribution in [2.75, 3.05) is 5.73 Å². The van der Waals surface area contributed by atoms with Crippen molar-refractivity contribution in [3.63, 3.8) is 0 Å². The fourth-order valence-corrected chi connectivity index (χ4v) is 1.29. The van der Waals surface area contributed by atoms with Gasteiger partial charge in [0.25, 0.3) is 0 Å². The van der Waals surface area contributed by atoms with Gasteiger partial charge in [-0.05, 0) is 31.2 Å². The Morgan fingerprint density at radius 3 is 2.67 bits per heavy atom. The number of nitrogen functional groups attached to an aromatic ring is 1. The zero-order chi connectivity index (χ0) is 10.8. The molecule has 0 aromatic carbocycles. The average Bonchev–Trinajstić information content (AvgIpc) is 2.23. The van der Waals surface area contributed by atoms with Crippen LogP contribution in [0.25, 0.3) is 11.3 Å². The molecule has 0 aliphatic rings. The SMILES string of the molecule is Cc1ccc(F)c(-c2ccc(N)nc2)n1. The molecular formula is C11H10FN3. The molecule has 0 bridgehead atoms. The fourth-order valence-electron chi connectivity index (χ4n) is 1.29. The Balaban J connectivity index is 2.53. The number of nitrogens with two attached hydrogens (primary N) is 1. The lowest BCUT2D eigenvalue weighted by Crippen LogP contribution is -1.94. The molecular weight excluding hydrogens is 193 g/mol. The number of hydrogen-bond donors (Lipinski definition) is 1. The molecule has 0 aliphatic heterocycles. The number of pyridine rings is 2. The minimum Gasteiger partial charge on any atom is -0.384 e. The summed E-state index contributed by atoms with van der Waals surface area (Å²) in [5, 5.41) is 0. The lowest BCUT2D eigenvalue weighted by atomic mass is 10.1. The van der Waals surface area contributed by atoms with Crippen molar-refractivity contribution in [3.8, 4) is 11.3 Å². The minimum atomic E-state index is -0.354. The first-order chi connectivity index (χ1) is 7.16. The zero-order valence-corrected chi connectivity index (χ0v) is 8.24. The Hall–Kier alpha value is -1.97. The first kappa shape index (κ1) is 9.58. The highest BCUT2D eigenvalue weighted by atomic mass is 19.1. The molecule has 3 nitrogen and oxygen atoms in total. The summed E-state index contributed by atoms with van der Waals surface area (Å²) in [6.07, 6.45) is 1.51. The molecule has 0 unspecified atom stereocenters. The summed E-state index contributed by atoms with van der Waals surface area (Å²) >= 11 is 0. The fraction of sp³-hybridized carbons (Fsp3) is 0.0909. The van der Waals surface area contributed by atoms with Crippen molar-refractivity contribution < 1.29 is 4.39 Å². The standard InChI is InChI=1S/C11H10FN3/c1-7-2-4-9(12)11(15-7)8-3-5-10(13)14-6-8/h2-6H,1H3,(H2,13,14). The zero-order valence-electron chi connectivity index (χ0n) is 8.24. The van der Waals surface area contributed by atoms with Crippen LogP contribution < -0.4 is 5.73 Å². The third-order valence-electron chi connectivity index (χ3n) is 2.05. The number of halogens is 1. The van der Waals surface area contributed by atoms with Crippen molar-refractivity contribution in [3.05, 3.63) is 42.0 Å². The van der Waals surface area contributed by atoms with Gasteiger partial charge in [-0.1, -0.05) is 0 Å². The predicted octanol–water partition coefficient (Wildman–Crippen LogP) is 2.17. The van der Waals surface area contributed by atoms with Gasteiger partial charge in [-0.25, -0.2) is 14.4 Å². The van der Waals surface area contributed by atoms with Gasteiger partial charge >= 0.3 is 0 Å². The molecule has 4 heteroatoms. The Morgan fingerprint density at radius 2 is 2.00 bits per heavy atom. The van der Waals surface area contributed by atoms with Gasteiger partial charge in [0.1, 0.15) is 17.3 Å². The van der Waals surface area contributed by atoms with Crippen LogP contribution in [-0.4, -0.2) is 9.97 Å². The maximum absolute atomic E-state index is 13.4. The van der Waals surface area contributed by atoms with Crippen LogP contribution in [0.5, 0.6) is 0 Å². The second-order valence-corrected chi connectivity index (χ2v) is 3.25. The van der Waals surface area contributed by atoms with Gasteiger partial charge in [-0.2, -0.15) is 0 Å². The van der Waals surface area contributed by atoms with E-state index in [1.165, 1.54) is 12.3 Å². The van der Waals surface area contributed by atoms with Gasteiger partial charge in [0.05, 0.1) is 0 Å². The molecule has 0 amide bonds. The summed E-state index contributed by atoms with van der Waals surface area (Å²) in [7, 11) is 0. The molecule has 2 heterocycles. The highest BCUT2D eigenvalue weighted by Gasteiger charge is 2.06. The summed E-state index contributed by atoms with van der Waals surface area (Å²) in [6.45, 7) is 1.81. The summed E-state index contributed by atoms with van der Waals surface area (Å²) in [5.41, 5.74) is 7.15. The summed E-state index contributed by atoms with van der Waals surface area (Å²) in [6, 6.07) is 6.35. The number of anilines is 1. The van der Waals surface area contributed by atoms with Gasteiger partial charge in [0.15, 0.2) is 0 Å². The van der Waals surface area contributed by atoms with Crippen LogP contribution >= 0.6 is 0 Å². The summed E-state index contributed by atoms with van der Waals surface area (Å²) < 4.78 is 13.4. The van der Waals surface area contributed by atoms with Crippen LogP contribution in [-0.2, 0) is 0 Å². The van der Waals surface area contributed by atoms with Crippen LogP contribution in [0.2, 0.25) is 0 Å². The van der Waals surface area contributed by atoms with Crippen molar-refractivity contribution in [1.82, 2.24) is 9.97 Å². The highest BCUT2D eigenvalue weighted by molar-refractivity contribution is 5.60. The number of nitrogens with zero attached hydrogens (tertiary/aromatic N) is 2. The third-order valence-corrected chi connectivity index (χ3v) is 2.05. The molecule has 0 aliphatic carbocycles. The molecule has 0 fully saturated rings. The predicted molar refractivity (Wildman–Crippen MR) is 56.6 cm³/mol. The Bertz CT molecular complexity index is 480. The maximum Gasteiger partial charge on any atom is 0.149 e. The van der Waals surface area contributed by atoms with Gasteiger partial charge in [-0.15, -0.1) is 0 Å². The maximum atomic E-state index is 13.4. The van der Waals surface area contributed by atoms with E-state index in [0.29, 0.717) is 17.1 Å². The van der Waals surface area contributed by atoms with E-state index in [1.54, 1.807) is 18.2 Å². The first-order valence-corrected chi connectivity index (χ1v) is 4.52. The van der Waals surface area contributed by atoms with Crippen molar-refractivity contribution >= 4 is 5.82 Å². The van der Waals surface area contributed by atoms with Crippen LogP contribution in [0.1, 0.15) is 5.69 Å². The molecule has 2 aromatic heterocycles. The molecule has 0 saturated carbocycles. The van der Waals surface area contributed by atoms with Crippen LogP contribution in [0.15, 0.2) is 30.5 Å². The van der Waals surface area contributed by atoms with Crippen molar-refractivity contribution in [2.24, 2.45) is 0 Å². The van der Waals surface area contributed by atoms with Crippen molar-refractivity contribution in [2.45, 2.75) is 6.92 Å². The molecule has 0 radical (unpaired) electrons. The van der Waals surface area contributed by atoms with Crippen molar-refractivity contribution in [1.29, 1.82) is 0 Å². The molecule has 0 saturated heterocycles. The Morgan fingerprint density at radius 1 is 1.20 bits per heavy atom. The van der Waals surface area contributed by atoms with Gasteiger partial charge in [0, 0.05) is 17.5 Å². The number of aryl methyl sites for hydroxylation is 1. The normalized spacial score (nSPS) is 10.3. The first-order valence-electron chi connectivity index (χ1n) is 4.52. The van der Waals surface area contributed by atoms with E-state index in [9.17, 15) is 4.39 Å². The van der Waals surface area contributed by atoms with Crippen LogP contribution in [0, 0.1) is 12.7 Å². The average molecular weight is 203 g/mol. The molecule has 76 valence electrons. The minimum absolute atomic E-state index is 0.308. The largest absolute Gasteiger partial charge is 0.384 e. The smallest absolute Gasteiger partial charge is 0.149 e. The van der Waals surface area contributed by atoms with Gasteiger partial charge < -0.3 is 5.73 Å². The second-order valence-electron chi connectivity index (χ2n) is 3.25. The molecule has 2 aromatic rings.